The van der Waals surface area contributed by atoms with E-state index in [1.165, 1.54) is 7.11 Å². The molecule has 3 N–H and O–H groups in total. The van der Waals surface area contributed by atoms with Crippen LogP contribution < -0.4 is 5.73 Å². The van der Waals surface area contributed by atoms with Crippen molar-refractivity contribution in [2.24, 2.45) is 0 Å². The number of fused-ring (bicyclic) bond motifs is 1. The van der Waals surface area contributed by atoms with Gasteiger partial charge in [-0.05, 0) is 37.1 Å². The van der Waals surface area contributed by atoms with Crippen molar-refractivity contribution in [2.45, 2.75) is 18.9 Å². The van der Waals surface area contributed by atoms with E-state index in [-0.39, 0.29) is 11.9 Å². The molecule has 2 aromatic rings. The number of nitrogens with zero attached hydrogens (tertiary/aromatic N) is 1. The third-order valence-corrected chi connectivity index (χ3v) is 3.86. The molecular weight excluding hydrogens is 270 g/mol. The molecule has 0 spiro atoms. The van der Waals surface area contributed by atoms with Crippen LogP contribution in [0.5, 0.6) is 0 Å². The lowest BCUT2D eigenvalue weighted by Gasteiger charge is -2.21. The van der Waals surface area contributed by atoms with Crippen LogP contribution in [0.15, 0.2) is 24.3 Å². The first-order chi connectivity index (χ1) is 10.1. The number of ether oxygens (including phenoxy) is 1. The molecule has 0 radical (unpaired) electrons. The molecule has 3 rings (SSSR count). The predicted molar refractivity (Wildman–Crippen MR) is 78.8 cm³/mol. The van der Waals surface area contributed by atoms with Crippen molar-refractivity contribution in [3.63, 3.8) is 0 Å². The summed E-state index contributed by atoms with van der Waals surface area (Å²) < 4.78 is 4.77. The topological polar surface area (TPSA) is 88.4 Å². The summed E-state index contributed by atoms with van der Waals surface area (Å²) in [5.41, 5.74) is 7.70. The molecule has 1 aliphatic heterocycles. The summed E-state index contributed by atoms with van der Waals surface area (Å²) >= 11 is 0. The Kier molecular flexibility index (Phi) is 3.29. The van der Waals surface area contributed by atoms with E-state index in [2.05, 4.69) is 4.98 Å². The van der Waals surface area contributed by atoms with E-state index >= 15 is 0 Å². The molecule has 0 bridgehead atoms. The van der Waals surface area contributed by atoms with Gasteiger partial charge in [-0.3, -0.25) is 4.79 Å². The third-order valence-electron chi connectivity index (χ3n) is 3.86. The summed E-state index contributed by atoms with van der Waals surface area (Å²) in [6.45, 7) is 0.566. The quantitative estimate of drug-likeness (QED) is 0.647. The van der Waals surface area contributed by atoms with Crippen molar-refractivity contribution in [3.05, 3.63) is 30.0 Å². The summed E-state index contributed by atoms with van der Waals surface area (Å²) in [5.74, 6) is -0.543. The Morgan fingerprint density at radius 3 is 2.95 bits per heavy atom. The number of hydrogen-bond acceptors (Lipinski definition) is 4. The highest BCUT2D eigenvalue weighted by atomic mass is 16.5. The van der Waals surface area contributed by atoms with Gasteiger partial charge in [0.05, 0.1) is 7.11 Å². The molecule has 1 aliphatic rings. The highest BCUT2D eigenvalue weighted by Gasteiger charge is 2.35. The molecule has 1 amide bonds. The summed E-state index contributed by atoms with van der Waals surface area (Å²) in [4.78, 5) is 29.0. The first kappa shape index (κ1) is 13.5. The lowest BCUT2D eigenvalue weighted by Crippen LogP contribution is -2.41. The van der Waals surface area contributed by atoms with Crippen molar-refractivity contribution in [3.8, 4) is 0 Å². The zero-order valence-corrected chi connectivity index (χ0v) is 11.8. The van der Waals surface area contributed by atoms with E-state index in [9.17, 15) is 9.59 Å². The van der Waals surface area contributed by atoms with Crippen LogP contribution in [0.4, 0.5) is 5.69 Å². The average molecular weight is 287 g/mol. The Balaban J connectivity index is 1.91. The number of likely N-dealkylation sites (tertiary alicyclic amines) is 1. The second kappa shape index (κ2) is 5.12. The van der Waals surface area contributed by atoms with Crippen LogP contribution in [-0.4, -0.2) is 41.5 Å². The first-order valence-electron chi connectivity index (χ1n) is 6.87. The van der Waals surface area contributed by atoms with Crippen LogP contribution >= 0.6 is 0 Å². The number of aromatic nitrogens is 1. The normalized spacial score (nSPS) is 18.1. The average Bonchev–Trinajstić information content (AvgIpc) is 3.11. The summed E-state index contributed by atoms with van der Waals surface area (Å²) in [6.07, 6.45) is 1.45. The standard InChI is InChI=1S/C15H17N3O3/c1-21-15(20)13-3-2-6-18(13)14(19)12-8-9-7-10(16)4-5-11(9)17-12/h4-5,7-8,13,17H,2-3,6,16H2,1H3. The van der Waals surface area contributed by atoms with Gasteiger partial charge < -0.3 is 20.4 Å². The zero-order chi connectivity index (χ0) is 15.0. The molecule has 1 aromatic carbocycles. The number of amides is 1. The van der Waals surface area contributed by atoms with E-state index in [0.717, 1.165) is 17.3 Å². The SMILES string of the molecule is COC(=O)C1CCCN1C(=O)c1cc2cc(N)ccc2[nH]1. The molecule has 1 atom stereocenters. The molecule has 0 aliphatic carbocycles. The van der Waals surface area contributed by atoms with Gasteiger partial charge >= 0.3 is 5.97 Å². The van der Waals surface area contributed by atoms with Crippen LogP contribution in [0.25, 0.3) is 10.9 Å². The number of nitrogens with one attached hydrogen (secondary N) is 1. The van der Waals surface area contributed by atoms with Gasteiger partial charge in [0.2, 0.25) is 0 Å². The number of methoxy groups -OCH3 is 1. The highest BCUT2D eigenvalue weighted by Crippen LogP contribution is 2.24. The molecule has 6 nitrogen and oxygen atoms in total. The molecule has 1 aromatic heterocycles. The number of aromatic amines is 1. The Hall–Kier alpha value is -2.50. The second-order valence-electron chi connectivity index (χ2n) is 5.21. The fourth-order valence-electron chi connectivity index (χ4n) is 2.81. The van der Waals surface area contributed by atoms with Crippen LogP contribution in [0.3, 0.4) is 0 Å². The van der Waals surface area contributed by atoms with E-state index < -0.39 is 6.04 Å². The van der Waals surface area contributed by atoms with Crippen molar-refractivity contribution in [1.82, 2.24) is 9.88 Å². The number of anilines is 1. The van der Waals surface area contributed by atoms with Gasteiger partial charge in [0, 0.05) is 23.1 Å². The van der Waals surface area contributed by atoms with Gasteiger partial charge in [-0.2, -0.15) is 0 Å². The van der Waals surface area contributed by atoms with E-state index in [1.807, 2.05) is 12.1 Å². The fraction of sp³-hybridized carbons (Fsp3) is 0.333. The minimum Gasteiger partial charge on any atom is -0.467 e. The molecule has 0 saturated carbocycles. The monoisotopic (exact) mass is 287 g/mol. The van der Waals surface area contributed by atoms with Crippen LogP contribution in [0.2, 0.25) is 0 Å². The molecule has 1 fully saturated rings. The second-order valence-corrected chi connectivity index (χ2v) is 5.21. The number of benzene rings is 1. The fourth-order valence-corrected chi connectivity index (χ4v) is 2.81. The number of hydrogen-bond donors (Lipinski definition) is 2. The molecule has 6 heteroatoms. The number of carbonyl (C=O) groups is 2. The minimum absolute atomic E-state index is 0.183. The third kappa shape index (κ3) is 2.33. The van der Waals surface area contributed by atoms with Crippen LogP contribution in [0, 0.1) is 0 Å². The molecule has 21 heavy (non-hydrogen) atoms. The van der Waals surface area contributed by atoms with Gasteiger partial charge in [-0.1, -0.05) is 0 Å². The van der Waals surface area contributed by atoms with Crippen molar-refractivity contribution in [2.75, 3.05) is 19.4 Å². The largest absolute Gasteiger partial charge is 0.467 e. The minimum atomic E-state index is -0.487. The van der Waals surface area contributed by atoms with E-state index in [0.29, 0.717) is 24.3 Å². The highest BCUT2D eigenvalue weighted by molar-refractivity contribution is 6.00. The maximum Gasteiger partial charge on any atom is 0.328 e. The van der Waals surface area contributed by atoms with Gasteiger partial charge in [-0.15, -0.1) is 0 Å². The van der Waals surface area contributed by atoms with Gasteiger partial charge in [0.1, 0.15) is 11.7 Å². The zero-order valence-electron chi connectivity index (χ0n) is 11.8. The number of esters is 1. The Morgan fingerprint density at radius 2 is 2.19 bits per heavy atom. The van der Waals surface area contributed by atoms with Gasteiger partial charge in [0.15, 0.2) is 0 Å². The Bertz CT molecular complexity index is 707. The number of H-pyrrole nitrogens is 1. The lowest BCUT2D eigenvalue weighted by molar-refractivity contribution is -0.145. The maximum absolute atomic E-state index is 12.6. The number of nitrogens with two attached hydrogens (primary N) is 1. The molecule has 2 heterocycles. The first-order valence-corrected chi connectivity index (χ1v) is 6.87. The summed E-state index contributed by atoms with van der Waals surface area (Å²) in [7, 11) is 1.34. The Labute approximate surface area is 121 Å². The number of carbonyl (C=O) groups excluding carboxylic acids is 2. The van der Waals surface area contributed by atoms with Crippen molar-refractivity contribution in [1.29, 1.82) is 0 Å². The van der Waals surface area contributed by atoms with Gasteiger partial charge in [0.25, 0.3) is 5.91 Å². The van der Waals surface area contributed by atoms with Crippen LogP contribution in [-0.2, 0) is 9.53 Å². The molecule has 110 valence electrons. The number of nitrogen functional groups attached to an aromatic ring is 1. The van der Waals surface area contributed by atoms with Crippen molar-refractivity contribution < 1.29 is 14.3 Å². The molecule has 1 saturated heterocycles. The smallest absolute Gasteiger partial charge is 0.328 e. The molecular formula is C15H17N3O3. The summed E-state index contributed by atoms with van der Waals surface area (Å²) in [6, 6.07) is 6.70. The lowest BCUT2D eigenvalue weighted by atomic mass is 10.2. The van der Waals surface area contributed by atoms with E-state index in [4.69, 9.17) is 10.5 Å². The predicted octanol–water partition coefficient (Wildman–Crippen LogP) is 1.53. The summed E-state index contributed by atoms with van der Waals surface area (Å²) in [5, 5.41) is 0.882. The maximum atomic E-state index is 12.6. The van der Waals surface area contributed by atoms with Crippen molar-refractivity contribution >= 4 is 28.5 Å². The molecule has 1 unspecified atom stereocenters. The van der Waals surface area contributed by atoms with E-state index in [1.54, 1.807) is 17.0 Å². The Morgan fingerprint density at radius 1 is 1.38 bits per heavy atom. The number of rotatable bonds is 2. The van der Waals surface area contributed by atoms with Crippen LogP contribution in [0.1, 0.15) is 23.3 Å². The van der Waals surface area contributed by atoms with Gasteiger partial charge in [-0.25, -0.2) is 4.79 Å².